The third-order valence-electron chi connectivity index (χ3n) is 6.58. The molecule has 0 amide bonds. The maximum absolute atomic E-state index is 6.37. The van der Waals surface area contributed by atoms with E-state index in [1.807, 2.05) is 73.2 Å². The number of pyridine rings is 2. The monoisotopic (exact) mass is 481 g/mol. The number of hydrogen-bond donors (Lipinski definition) is 0. The molecule has 1 aliphatic heterocycles. The van der Waals surface area contributed by atoms with Gasteiger partial charge in [0, 0.05) is 53.4 Å². The summed E-state index contributed by atoms with van der Waals surface area (Å²) in [6.07, 6.45) is 7.74. The van der Waals surface area contributed by atoms with Crippen LogP contribution >= 0.6 is 0 Å². The van der Waals surface area contributed by atoms with E-state index in [9.17, 15) is 0 Å². The summed E-state index contributed by atoms with van der Waals surface area (Å²) in [6, 6.07) is 34.7. The van der Waals surface area contributed by atoms with Gasteiger partial charge < -0.3 is 14.5 Å². The second-order valence-corrected chi connectivity index (χ2v) is 8.89. The molecule has 6 nitrogen and oxygen atoms in total. The fraction of sp³-hybridized carbons (Fsp3) is 0.0323. The molecule has 0 saturated carbocycles. The second kappa shape index (κ2) is 8.84. The van der Waals surface area contributed by atoms with Crippen molar-refractivity contribution in [3.8, 4) is 17.3 Å². The Morgan fingerprint density at radius 3 is 2.14 bits per heavy atom. The van der Waals surface area contributed by atoms with Crippen molar-refractivity contribution in [2.45, 2.75) is 0 Å². The molecule has 0 radical (unpaired) electrons. The Bertz CT molecular complexity index is 1740. The van der Waals surface area contributed by atoms with Gasteiger partial charge in [-0.3, -0.25) is 4.57 Å². The third kappa shape index (κ3) is 3.85. The van der Waals surface area contributed by atoms with Crippen molar-refractivity contribution in [1.29, 1.82) is 0 Å². The topological polar surface area (TPSA) is 46.4 Å². The van der Waals surface area contributed by atoms with Gasteiger partial charge in [-0.05, 0) is 54.6 Å². The number of hydrogen-bond acceptors (Lipinski definition) is 5. The van der Waals surface area contributed by atoms with Crippen molar-refractivity contribution in [2.24, 2.45) is 0 Å². The first-order chi connectivity index (χ1) is 18.3. The Balaban J connectivity index is 1.21. The largest absolute Gasteiger partial charge is 0.457 e. The lowest BCUT2D eigenvalue weighted by atomic mass is 10.1. The smallest absolute Gasteiger partial charge is 0.137 e. The molecule has 0 spiro atoms. The molecule has 0 saturated heterocycles. The fourth-order valence-corrected chi connectivity index (χ4v) is 4.87. The van der Waals surface area contributed by atoms with Crippen LogP contribution in [0.5, 0.6) is 11.5 Å². The standard InChI is InChI=1S/C31H23N5O/c1-2-11-28-26(10-1)27-15-14-25(21-29(27)36(28)31-13-4-6-17-33-31)37-24-9-7-8-23(20-24)34-18-19-35(22-34)30-12-3-5-16-32-30/h1-21H,22H2. The lowest BCUT2D eigenvalue weighted by Gasteiger charge is -2.21. The van der Waals surface area contributed by atoms with Crippen LogP contribution in [0.15, 0.2) is 128 Å². The maximum Gasteiger partial charge on any atom is 0.137 e. The maximum atomic E-state index is 6.37. The van der Waals surface area contributed by atoms with E-state index >= 15 is 0 Å². The predicted molar refractivity (Wildman–Crippen MR) is 148 cm³/mol. The lowest BCUT2D eigenvalue weighted by molar-refractivity contribution is 0.483. The van der Waals surface area contributed by atoms with Crippen LogP contribution in [0.4, 0.5) is 11.5 Å². The number of ether oxygens (including phenoxy) is 1. The average Bonchev–Trinajstić information content (AvgIpc) is 3.58. The molecule has 0 N–H and O–H groups in total. The molecule has 1 aliphatic rings. The summed E-state index contributed by atoms with van der Waals surface area (Å²) >= 11 is 0. The molecule has 6 heteroatoms. The SMILES string of the molecule is C1=CN(c2ccccn2)CN1c1cccc(Oc2ccc3c4ccccc4n(-c4ccccn4)c3c2)c1. The highest BCUT2D eigenvalue weighted by atomic mass is 16.5. The van der Waals surface area contributed by atoms with Gasteiger partial charge in [-0.25, -0.2) is 9.97 Å². The Kier molecular flexibility index (Phi) is 5.07. The van der Waals surface area contributed by atoms with Crippen LogP contribution in [-0.4, -0.2) is 21.2 Å². The van der Waals surface area contributed by atoms with Crippen LogP contribution in [-0.2, 0) is 0 Å². The number of anilines is 2. The zero-order valence-corrected chi connectivity index (χ0v) is 20.0. The van der Waals surface area contributed by atoms with E-state index in [-0.39, 0.29) is 0 Å². The van der Waals surface area contributed by atoms with Crippen LogP contribution in [0, 0.1) is 0 Å². The van der Waals surface area contributed by atoms with Crippen LogP contribution in [0.3, 0.4) is 0 Å². The first-order valence-corrected chi connectivity index (χ1v) is 12.2. The molecule has 0 fully saturated rings. The first-order valence-electron chi connectivity index (χ1n) is 12.2. The molecule has 0 bridgehead atoms. The molecular formula is C31H23N5O. The summed E-state index contributed by atoms with van der Waals surface area (Å²) in [5.74, 6) is 3.36. The Morgan fingerprint density at radius 1 is 0.568 bits per heavy atom. The van der Waals surface area contributed by atoms with Crippen molar-refractivity contribution in [3.05, 3.63) is 128 Å². The summed E-state index contributed by atoms with van der Waals surface area (Å²) < 4.78 is 8.56. The molecular weight excluding hydrogens is 458 g/mol. The highest BCUT2D eigenvalue weighted by Gasteiger charge is 2.17. The van der Waals surface area contributed by atoms with Crippen LogP contribution in [0.25, 0.3) is 27.6 Å². The molecule has 6 aromatic rings. The van der Waals surface area contributed by atoms with E-state index in [1.54, 1.807) is 0 Å². The van der Waals surface area contributed by atoms with Crippen molar-refractivity contribution in [3.63, 3.8) is 0 Å². The minimum absolute atomic E-state index is 0.691. The molecule has 0 unspecified atom stereocenters. The summed E-state index contributed by atoms with van der Waals surface area (Å²) in [7, 11) is 0. The van der Waals surface area contributed by atoms with Crippen molar-refractivity contribution in [1.82, 2.24) is 14.5 Å². The van der Waals surface area contributed by atoms with E-state index < -0.39 is 0 Å². The van der Waals surface area contributed by atoms with Gasteiger partial charge in [0.15, 0.2) is 0 Å². The number of rotatable bonds is 5. The Hall–Kier alpha value is -5.10. The average molecular weight is 482 g/mol. The quantitative estimate of drug-likeness (QED) is 0.262. The summed E-state index contributed by atoms with van der Waals surface area (Å²) in [5, 5.41) is 2.36. The van der Waals surface area contributed by atoms with E-state index in [0.717, 1.165) is 39.9 Å². The minimum Gasteiger partial charge on any atom is -0.457 e. The normalized spacial score (nSPS) is 13.1. The molecule has 7 rings (SSSR count). The van der Waals surface area contributed by atoms with Gasteiger partial charge >= 0.3 is 0 Å². The summed E-state index contributed by atoms with van der Waals surface area (Å²) in [4.78, 5) is 13.3. The van der Waals surface area contributed by atoms with Gasteiger partial charge in [0.2, 0.25) is 0 Å². The van der Waals surface area contributed by atoms with Gasteiger partial charge in [-0.2, -0.15) is 0 Å². The van der Waals surface area contributed by atoms with Crippen LogP contribution in [0.1, 0.15) is 0 Å². The van der Waals surface area contributed by atoms with E-state index in [2.05, 4.69) is 79.1 Å². The number of para-hydroxylation sites is 1. The number of aromatic nitrogens is 3. The van der Waals surface area contributed by atoms with Crippen molar-refractivity contribution < 1.29 is 4.74 Å². The van der Waals surface area contributed by atoms with E-state index in [0.29, 0.717) is 6.67 Å². The second-order valence-electron chi connectivity index (χ2n) is 8.89. The van der Waals surface area contributed by atoms with Crippen LogP contribution < -0.4 is 14.5 Å². The fourth-order valence-electron chi connectivity index (χ4n) is 4.87. The van der Waals surface area contributed by atoms with E-state index in [1.165, 1.54) is 10.8 Å². The zero-order valence-electron chi connectivity index (χ0n) is 20.0. The lowest BCUT2D eigenvalue weighted by Crippen LogP contribution is -2.25. The highest BCUT2D eigenvalue weighted by molar-refractivity contribution is 6.09. The first kappa shape index (κ1) is 21.2. The van der Waals surface area contributed by atoms with Gasteiger partial charge in [-0.15, -0.1) is 0 Å². The van der Waals surface area contributed by atoms with Gasteiger partial charge in [0.1, 0.15) is 29.8 Å². The number of benzene rings is 3. The van der Waals surface area contributed by atoms with Crippen molar-refractivity contribution in [2.75, 3.05) is 16.5 Å². The highest BCUT2D eigenvalue weighted by Crippen LogP contribution is 2.35. The predicted octanol–water partition coefficient (Wildman–Crippen LogP) is 7.12. The van der Waals surface area contributed by atoms with Crippen molar-refractivity contribution >= 4 is 33.3 Å². The molecule has 3 aromatic carbocycles. The summed E-state index contributed by atoms with van der Waals surface area (Å²) in [5.41, 5.74) is 3.23. The van der Waals surface area contributed by atoms with E-state index in [4.69, 9.17) is 4.74 Å². The zero-order chi connectivity index (χ0) is 24.6. The van der Waals surface area contributed by atoms with Gasteiger partial charge in [0.05, 0.1) is 11.0 Å². The summed E-state index contributed by atoms with van der Waals surface area (Å²) in [6.45, 7) is 0.691. The molecule has 3 aromatic heterocycles. The molecule has 178 valence electrons. The van der Waals surface area contributed by atoms with Crippen LogP contribution in [0.2, 0.25) is 0 Å². The molecule has 0 atom stereocenters. The Labute approximate surface area is 214 Å². The van der Waals surface area contributed by atoms with Gasteiger partial charge in [-0.1, -0.05) is 36.4 Å². The minimum atomic E-state index is 0.691. The third-order valence-corrected chi connectivity index (χ3v) is 6.58. The number of nitrogens with zero attached hydrogens (tertiary/aromatic N) is 5. The molecule has 0 aliphatic carbocycles. The molecule has 4 heterocycles. The Morgan fingerprint density at radius 2 is 1.30 bits per heavy atom. The molecule has 37 heavy (non-hydrogen) atoms. The van der Waals surface area contributed by atoms with Gasteiger partial charge in [0.25, 0.3) is 0 Å². The number of fused-ring (bicyclic) bond motifs is 3.